The molecule has 1 aliphatic rings. The van der Waals surface area contributed by atoms with Crippen molar-refractivity contribution in [1.29, 1.82) is 0 Å². The number of anilines is 1. The molecule has 1 saturated heterocycles. The molecule has 1 unspecified atom stereocenters. The summed E-state index contributed by atoms with van der Waals surface area (Å²) in [6.45, 7) is 1.03. The van der Waals surface area contributed by atoms with Gasteiger partial charge in [-0.05, 0) is 6.42 Å². The third-order valence-corrected chi connectivity index (χ3v) is 5.16. The number of ether oxygens (including phenoxy) is 3. The van der Waals surface area contributed by atoms with Crippen molar-refractivity contribution >= 4 is 17.0 Å². The first-order valence-electron chi connectivity index (χ1n) is 9.57. The standard InChI is InChI=1S/C20H22F2N4O5/c1-28-12-6-13(29-2)18(22)16(17(12)21)19(27)14-5-10-15(31-14)7-24-20(25-10)26-11-8-30-4-3-9(11)23/h5-7,9,11,19,27H,3-4,8,23H2,1-2H3,(H,24,25,26)/t9-,11+,19?/m0/s1. The van der Waals surface area contributed by atoms with Crippen LogP contribution in [0.5, 0.6) is 11.5 Å². The predicted molar refractivity (Wildman–Crippen MR) is 106 cm³/mol. The molecule has 1 fully saturated rings. The van der Waals surface area contributed by atoms with Crippen molar-refractivity contribution in [2.75, 3.05) is 32.8 Å². The molecule has 0 spiro atoms. The Kier molecular flexibility index (Phi) is 5.90. The van der Waals surface area contributed by atoms with Gasteiger partial charge >= 0.3 is 0 Å². The average Bonchev–Trinajstić information content (AvgIpc) is 3.19. The maximum absolute atomic E-state index is 14.7. The van der Waals surface area contributed by atoms with Crippen LogP contribution in [0.15, 0.2) is 22.7 Å². The van der Waals surface area contributed by atoms with Crippen LogP contribution in [0.1, 0.15) is 23.8 Å². The number of nitrogens with zero attached hydrogens (tertiary/aromatic N) is 2. The Morgan fingerprint density at radius 2 is 1.94 bits per heavy atom. The largest absolute Gasteiger partial charge is 0.494 e. The molecule has 3 atom stereocenters. The minimum absolute atomic E-state index is 0.108. The van der Waals surface area contributed by atoms with Crippen molar-refractivity contribution in [1.82, 2.24) is 9.97 Å². The molecule has 0 radical (unpaired) electrons. The van der Waals surface area contributed by atoms with Gasteiger partial charge in [0.15, 0.2) is 28.7 Å². The van der Waals surface area contributed by atoms with Gasteiger partial charge in [-0.3, -0.25) is 0 Å². The van der Waals surface area contributed by atoms with Crippen LogP contribution in [0.2, 0.25) is 0 Å². The van der Waals surface area contributed by atoms with E-state index in [1.807, 2.05) is 0 Å². The fourth-order valence-electron chi connectivity index (χ4n) is 3.42. The topological polar surface area (TPSA) is 125 Å². The van der Waals surface area contributed by atoms with Crippen LogP contribution >= 0.6 is 0 Å². The number of nitrogens with one attached hydrogen (secondary N) is 1. The van der Waals surface area contributed by atoms with Crippen molar-refractivity contribution in [3.8, 4) is 11.5 Å². The molecule has 0 saturated carbocycles. The van der Waals surface area contributed by atoms with Crippen LogP contribution in [0.4, 0.5) is 14.7 Å². The zero-order chi connectivity index (χ0) is 22.1. The number of nitrogens with two attached hydrogens (primary N) is 1. The van der Waals surface area contributed by atoms with Gasteiger partial charge in [-0.15, -0.1) is 0 Å². The summed E-state index contributed by atoms with van der Waals surface area (Å²) in [6, 6.07) is 2.18. The van der Waals surface area contributed by atoms with Crippen molar-refractivity contribution in [2.24, 2.45) is 5.73 Å². The lowest BCUT2D eigenvalue weighted by atomic mass is 10.0. The summed E-state index contributed by atoms with van der Waals surface area (Å²) in [5, 5.41) is 13.8. The molecule has 2 aromatic heterocycles. The molecule has 0 amide bonds. The van der Waals surface area contributed by atoms with E-state index < -0.39 is 23.3 Å². The highest BCUT2D eigenvalue weighted by atomic mass is 19.1. The SMILES string of the molecule is COc1cc(OC)c(F)c(C(O)c2cc3nc(N[C@@H]4COCC[C@@H]4N)ncc3o2)c1F. The Bertz CT molecular complexity index is 1060. The van der Waals surface area contributed by atoms with Crippen molar-refractivity contribution < 1.29 is 32.5 Å². The maximum atomic E-state index is 14.7. The minimum atomic E-state index is -1.77. The summed E-state index contributed by atoms with van der Waals surface area (Å²) in [6.07, 6.45) is 0.340. The smallest absolute Gasteiger partial charge is 0.223 e. The van der Waals surface area contributed by atoms with Gasteiger partial charge in [0.2, 0.25) is 5.95 Å². The van der Waals surface area contributed by atoms with Gasteiger partial charge in [-0.25, -0.2) is 18.7 Å². The summed E-state index contributed by atoms with van der Waals surface area (Å²) in [5.74, 6) is -2.50. The van der Waals surface area contributed by atoms with E-state index in [-0.39, 0.29) is 34.9 Å². The second kappa shape index (κ2) is 8.61. The van der Waals surface area contributed by atoms with Gasteiger partial charge in [0, 0.05) is 24.8 Å². The Labute approximate surface area is 176 Å². The van der Waals surface area contributed by atoms with Gasteiger partial charge in [0.05, 0.1) is 38.6 Å². The van der Waals surface area contributed by atoms with E-state index in [0.29, 0.717) is 31.1 Å². The quantitative estimate of drug-likeness (QED) is 0.533. The van der Waals surface area contributed by atoms with Crippen molar-refractivity contribution in [3.63, 3.8) is 0 Å². The van der Waals surface area contributed by atoms with E-state index in [4.69, 9.17) is 24.4 Å². The van der Waals surface area contributed by atoms with E-state index in [0.717, 1.165) is 6.07 Å². The molecule has 0 aliphatic carbocycles. The monoisotopic (exact) mass is 436 g/mol. The fourth-order valence-corrected chi connectivity index (χ4v) is 3.42. The lowest BCUT2D eigenvalue weighted by Gasteiger charge is -2.29. The summed E-state index contributed by atoms with van der Waals surface area (Å²) in [5.41, 5.74) is 6.00. The number of hydrogen-bond donors (Lipinski definition) is 3. The molecule has 31 heavy (non-hydrogen) atoms. The van der Waals surface area contributed by atoms with Crippen molar-refractivity contribution in [3.05, 3.63) is 41.3 Å². The van der Waals surface area contributed by atoms with E-state index in [9.17, 15) is 13.9 Å². The normalized spacial score (nSPS) is 19.9. The Morgan fingerprint density at radius 1 is 1.23 bits per heavy atom. The third kappa shape index (κ3) is 3.99. The zero-order valence-electron chi connectivity index (χ0n) is 16.9. The lowest BCUT2D eigenvalue weighted by molar-refractivity contribution is 0.0766. The van der Waals surface area contributed by atoms with Gasteiger partial charge in [0.1, 0.15) is 17.4 Å². The molecule has 3 aromatic rings. The molecule has 166 valence electrons. The number of hydrogen-bond acceptors (Lipinski definition) is 9. The molecule has 4 N–H and O–H groups in total. The predicted octanol–water partition coefficient (Wildman–Crippen LogP) is 2.13. The second-order valence-corrected chi connectivity index (χ2v) is 7.10. The summed E-state index contributed by atoms with van der Waals surface area (Å²) in [4.78, 5) is 8.51. The number of aromatic nitrogens is 2. The Morgan fingerprint density at radius 3 is 2.58 bits per heavy atom. The molecule has 1 aliphatic heterocycles. The molecular weight excluding hydrogens is 414 g/mol. The number of methoxy groups -OCH3 is 2. The minimum Gasteiger partial charge on any atom is -0.494 e. The number of benzene rings is 1. The first-order chi connectivity index (χ1) is 14.9. The van der Waals surface area contributed by atoms with Crippen LogP contribution in [0.3, 0.4) is 0 Å². The highest BCUT2D eigenvalue weighted by Crippen LogP contribution is 2.38. The Balaban J connectivity index is 1.66. The van der Waals surface area contributed by atoms with Gasteiger partial charge in [-0.1, -0.05) is 0 Å². The van der Waals surface area contributed by atoms with Gasteiger partial charge < -0.3 is 34.8 Å². The number of rotatable bonds is 6. The number of furan rings is 1. The van der Waals surface area contributed by atoms with Crippen LogP contribution in [0.25, 0.3) is 11.1 Å². The van der Waals surface area contributed by atoms with Crippen LogP contribution < -0.4 is 20.5 Å². The first kappa shape index (κ1) is 21.2. The van der Waals surface area contributed by atoms with Crippen LogP contribution in [-0.2, 0) is 4.74 Å². The number of aliphatic hydroxyl groups excluding tert-OH is 1. The summed E-state index contributed by atoms with van der Waals surface area (Å²) in [7, 11) is 2.45. The molecule has 1 aromatic carbocycles. The lowest BCUT2D eigenvalue weighted by Crippen LogP contribution is -2.47. The van der Waals surface area contributed by atoms with Crippen molar-refractivity contribution in [2.45, 2.75) is 24.6 Å². The summed E-state index contributed by atoms with van der Waals surface area (Å²) < 4.78 is 50.2. The molecule has 9 nitrogen and oxygen atoms in total. The van der Waals surface area contributed by atoms with E-state index in [1.54, 1.807) is 0 Å². The fraction of sp³-hybridized carbons (Fsp3) is 0.400. The second-order valence-electron chi connectivity index (χ2n) is 7.10. The van der Waals surface area contributed by atoms with Crippen LogP contribution in [-0.4, -0.2) is 54.6 Å². The zero-order valence-corrected chi connectivity index (χ0v) is 16.9. The van der Waals surface area contributed by atoms with E-state index in [1.165, 1.54) is 26.5 Å². The van der Waals surface area contributed by atoms with Crippen LogP contribution in [0, 0.1) is 11.6 Å². The molecular formula is C20H22F2N4O5. The summed E-state index contributed by atoms with van der Waals surface area (Å²) >= 11 is 0. The molecule has 0 bridgehead atoms. The maximum Gasteiger partial charge on any atom is 0.223 e. The Hall–Kier alpha value is -3.02. The number of aliphatic hydroxyl groups is 1. The van der Waals surface area contributed by atoms with E-state index in [2.05, 4.69) is 15.3 Å². The highest BCUT2D eigenvalue weighted by molar-refractivity contribution is 5.74. The molecule has 4 rings (SSSR count). The van der Waals surface area contributed by atoms with Gasteiger partial charge in [0.25, 0.3) is 0 Å². The first-order valence-corrected chi connectivity index (χ1v) is 9.57. The molecule has 11 heteroatoms. The highest BCUT2D eigenvalue weighted by Gasteiger charge is 2.29. The number of halogens is 2. The number of fused-ring (bicyclic) bond motifs is 1. The van der Waals surface area contributed by atoms with E-state index >= 15 is 0 Å². The average molecular weight is 436 g/mol. The van der Waals surface area contributed by atoms with Gasteiger partial charge in [-0.2, -0.15) is 0 Å². The third-order valence-electron chi connectivity index (χ3n) is 5.16. The molecule has 3 heterocycles.